The minimum absolute atomic E-state index is 0.215. The molecule has 0 aliphatic rings. The number of hydrogen-bond donors (Lipinski definition) is 2. The number of ether oxygens (including phenoxy) is 1. The lowest BCUT2D eigenvalue weighted by molar-refractivity contribution is -0.149. The molecule has 2 atom stereocenters. The molecule has 2 aromatic heterocycles. The van der Waals surface area contributed by atoms with Gasteiger partial charge in [0.25, 0.3) is 0 Å². The number of carbonyl (C=O) groups excluding carboxylic acids is 1. The quantitative estimate of drug-likeness (QED) is 0.421. The summed E-state index contributed by atoms with van der Waals surface area (Å²) in [4.78, 5) is 29.2. The molecule has 0 radical (unpaired) electrons. The van der Waals surface area contributed by atoms with Crippen LogP contribution in [0.3, 0.4) is 0 Å². The first-order valence-electron chi connectivity index (χ1n) is 10.6. The number of aromatic carboxylic acids is 1. The number of aliphatic hydroxyl groups excluding tert-OH is 1. The number of aromatic nitrogens is 2. The Hall–Kier alpha value is -2.97. The largest absolute Gasteiger partial charge is 0.478 e. The second kappa shape index (κ2) is 11.1. The Bertz CT molecular complexity index is 1030. The van der Waals surface area contributed by atoms with Crippen LogP contribution in [0, 0.1) is 5.92 Å². The molecule has 170 valence electrons. The van der Waals surface area contributed by atoms with Gasteiger partial charge in [0.15, 0.2) is 0 Å². The predicted molar refractivity (Wildman–Crippen MR) is 122 cm³/mol. The van der Waals surface area contributed by atoms with Crippen molar-refractivity contribution in [3.8, 4) is 0 Å². The van der Waals surface area contributed by atoms with Crippen LogP contribution in [0.25, 0.3) is 0 Å². The highest BCUT2D eigenvalue weighted by Crippen LogP contribution is 2.29. The number of nitrogens with zero attached hydrogens (tertiary/aromatic N) is 2. The van der Waals surface area contributed by atoms with Gasteiger partial charge in [0.1, 0.15) is 11.9 Å². The highest BCUT2D eigenvalue weighted by molar-refractivity contribution is 7.09. The number of esters is 1. The van der Waals surface area contributed by atoms with Gasteiger partial charge in [-0.1, -0.05) is 31.5 Å². The van der Waals surface area contributed by atoms with Crippen molar-refractivity contribution < 1.29 is 24.5 Å². The third-order valence-corrected chi connectivity index (χ3v) is 6.35. The highest BCUT2D eigenvalue weighted by atomic mass is 32.1. The maximum atomic E-state index is 12.5. The van der Waals surface area contributed by atoms with Crippen molar-refractivity contribution in [3.63, 3.8) is 0 Å². The van der Waals surface area contributed by atoms with Crippen LogP contribution in [0.15, 0.2) is 48.0 Å². The monoisotopic (exact) mass is 456 g/mol. The van der Waals surface area contributed by atoms with Crippen LogP contribution in [0.1, 0.15) is 58.2 Å². The molecule has 2 heterocycles. The fourth-order valence-corrected chi connectivity index (χ4v) is 4.41. The zero-order valence-electron chi connectivity index (χ0n) is 18.2. The molecule has 1 aromatic carbocycles. The summed E-state index contributed by atoms with van der Waals surface area (Å²) in [6.07, 6.45) is 3.59. The van der Waals surface area contributed by atoms with Crippen LogP contribution in [0.5, 0.6) is 0 Å². The van der Waals surface area contributed by atoms with E-state index in [9.17, 15) is 14.7 Å². The number of methoxy groups -OCH3 is 1. The van der Waals surface area contributed by atoms with Crippen molar-refractivity contribution >= 4 is 23.3 Å². The normalized spacial score (nSPS) is 13.0. The number of aryl methyl sites for hydroxylation is 1. The Morgan fingerprint density at radius 3 is 2.56 bits per heavy atom. The summed E-state index contributed by atoms with van der Waals surface area (Å²) in [6, 6.07) is 10.5. The molecule has 3 rings (SSSR count). The summed E-state index contributed by atoms with van der Waals surface area (Å²) >= 11 is 1.53. The van der Waals surface area contributed by atoms with Crippen molar-refractivity contribution in [2.45, 2.75) is 45.3 Å². The summed E-state index contributed by atoms with van der Waals surface area (Å²) in [5.41, 5.74) is 1.64. The fraction of sp³-hybridized carbons (Fsp3) is 0.375. The first-order chi connectivity index (χ1) is 15.4. The lowest BCUT2D eigenvalue weighted by Crippen LogP contribution is -2.27. The number of imidazole rings is 1. The van der Waals surface area contributed by atoms with E-state index in [4.69, 9.17) is 9.84 Å². The Kier molecular flexibility index (Phi) is 8.19. The van der Waals surface area contributed by atoms with Gasteiger partial charge in [0.05, 0.1) is 30.5 Å². The molecular weight excluding hydrogens is 428 g/mol. The maximum absolute atomic E-state index is 12.5. The Morgan fingerprint density at radius 2 is 1.97 bits per heavy atom. The topological polar surface area (TPSA) is 102 Å². The molecule has 32 heavy (non-hydrogen) atoms. The van der Waals surface area contributed by atoms with E-state index < -0.39 is 24.0 Å². The van der Waals surface area contributed by atoms with Gasteiger partial charge >= 0.3 is 11.9 Å². The molecule has 3 aromatic rings. The van der Waals surface area contributed by atoms with Crippen molar-refractivity contribution in [3.05, 3.63) is 75.5 Å². The molecule has 0 saturated carbocycles. The number of thiophene rings is 1. The molecule has 7 nitrogen and oxygen atoms in total. The number of carboxylic acids is 1. The van der Waals surface area contributed by atoms with Gasteiger partial charge in [-0.3, -0.25) is 4.79 Å². The van der Waals surface area contributed by atoms with Crippen molar-refractivity contribution in [1.82, 2.24) is 9.55 Å². The van der Waals surface area contributed by atoms with Gasteiger partial charge < -0.3 is 19.5 Å². The molecule has 0 aliphatic carbocycles. The molecule has 0 aliphatic heterocycles. The van der Waals surface area contributed by atoms with Gasteiger partial charge in [0.2, 0.25) is 0 Å². The molecule has 2 N–H and O–H groups in total. The summed E-state index contributed by atoms with van der Waals surface area (Å²) in [6.45, 7) is 2.51. The van der Waals surface area contributed by atoms with Gasteiger partial charge in [-0.2, -0.15) is 0 Å². The van der Waals surface area contributed by atoms with Crippen molar-refractivity contribution in [2.24, 2.45) is 5.92 Å². The first-order valence-corrected chi connectivity index (χ1v) is 11.5. The number of carbonyl (C=O) groups is 2. The van der Waals surface area contributed by atoms with Gasteiger partial charge in [-0.05, 0) is 42.0 Å². The molecule has 0 bridgehead atoms. The highest BCUT2D eigenvalue weighted by Gasteiger charge is 2.32. The molecule has 2 unspecified atom stereocenters. The zero-order chi connectivity index (χ0) is 23.1. The minimum atomic E-state index is -1.09. The smallest absolute Gasteiger partial charge is 0.335 e. The zero-order valence-corrected chi connectivity index (χ0v) is 19.0. The van der Waals surface area contributed by atoms with E-state index in [0.29, 0.717) is 18.7 Å². The molecular formula is C24H28N2O5S. The van der Waals surface area contributed by atoms with E-state index in [1.54, 1.807) is 30.5 Å². The van der Waals surface area contributed by atoms with E-state index in [2.05, 4.69) is 11.9 Å². The van der Waals surface area contributed by atoms with E-state index in [1.165, 1.54) is 18.4 Å². The second-order valence-electron chi connectivity index (χ2n) is 7.65. The third kappa shape index (κ3) is 5.63. The lowest BCUT2D eigenvalue weighted by atomic mass is 9.95. The fourth-order valence-electron chi connectivity index (χ4n) is 3.64. The minimum Gasteiger partial charge on any atom is -0.478 e. The van der Waals surface area contributed by atoms with Gasteiger partial charge in [-0.25, -0.2) is 9.78 Å². The van der Waals surface area contributed by atoms with Gasteiger partial charge in [0, 0.05) is 17.8 Å². The Morgan fingerprint density at radius 1 is 1.22 bits per heavy atom. The number of carboxylic acid groups (broad SMARTS) is 1. The Labute approximate surface area is 191 Å². The third-order valence-electron chi connectivity index (χ3n) is 5.45. The lowest BCUT2D eigenvalue weighted by Gasteiger charge is -2.22. The summed E-state index contributed by atoms with van der Waals surface area (Å²) in [7, 11) is 1.32. The summed E-state index contributed by atoms with van der Waals surface area (Å²) < 4.78 is 6.92. The van der Waals surface area contributed by atoms with E-state index in [1.807, 2.05) is 22.1 Å². The van der Waals surface area contributed by atoms with Gasteiger partial charge in [-0.15, -0.1) is 11.3 Å². The van der Waals surface area contributed by atoms with Crippen LogP contribution >= 0.6 is 11.3 Å². The Balaban J connectivity index is 1.93. The van der Waals surface area contributed by atoms with Crippen LogP contribution in [0.2, 0.25) is 0 Å². The number of aliphatic hydroxyl groups is 1. The van der Waals surface area contributed by atoms with Crippen molar-refractivity contribution in [2.75, 3.05) is 7.11 Å². The van der Waals surface area contributed by atoms with Crippen LogP contribution in [-0.2, 0) is 28.9 Å². The summed E-state index contributed by atoms with van der Waals surface area (Å²) in [5.74, 6) is -1.39. The van der Waals surface area contributed by atoms with Crippen LogP contribution < -0.4 is 0 Å². The maximum Gasteiger partial charge on any atom is 0.335 e. The number of unbranched alkanes of at least 4 members (excludes halogenated alkanes) is 1. The van der Waals surface area contributed by atoms with Crippen molar-refractivity contribution in [1.29, 1.82) is 0 Å². The molecule has 0 amide bonds. The number of hydrogen-bond acceptors (Lipinski definition) is 6. The molecule has 0 fully saturated rings. The number of benzene rings is 1. The molecule has 0 spiro atoms. The van der Waals surface area contributed by atoms with Crippen LogP contribution in [0.4, 0.5) is 0 Å². The second-order valence-corrected chi connectivity index (χ2v) is 8.68. The van der Waals surface area contributed by atoms with E-state index in [0.717, 1.165) is 35.5 Å². The molecule has 0 saturated heterocycles. The van der Waals surface area contributed by atoms with E-state index in [-0.39, 0.29) is 5.56 Å². The average Bonchev–Trinajstić information content (AvgIpc) is 3.45. The standard InChI is InChI=1S/C24H28N2O5S/c1-3-4-7-21-25-14-20(26(21)15-16-8-10-17(11-9-16)23(28)29)22(27)19(24(30)31-2)13-18-6-5-12-32-18/h5-6,8-12,14,19,22,27H,3-4,7,13,15H2,1-2H3,(H,28,29). The first kappa shape index (κ1) is 23.7. The number of rotatable bonds is 11. The summed E-state index contributed by atoms with van der Waals surface area (Å²) in [5, 5.41) is 22.3. The predicted octanol–water partition coefficient (Wildman–Crippen LogP) is 4.10. The molecule has 8 heteroatoms. The average molecular weight is 457 g/mol. The van der Waals surface area contributed by atoms with E-state index >= 15 is 0 Å². The van der Waals surface area contributed by atoms with Crippen LogP contribution in [-0.4, -0.2) is 38.8 Å². The SMILES string of the molecule is CCCCc1ncc(C(O)C(Cc2cccs2)C(=O)OC)n1Cc1ccc(C(=O)O)cc1.